The third kappa shape index (κ3) is 3.52. The van der Waals surface area contributed by atoms with Gasteiger partial charge in [0.25, 0.3) is 0 Å². The Morgan fingerprint density at radius 2 is 1.79 bits per heavy atom. The molecule has 84 valence electrons. The number of rotatable bonds is 6. The number of unbranched alkanes of at least 4 members (excludes halogenated alkanes) is 2. The first kappa shape index (κ1) is 13.8. The van der Waals surface area contributed by atoms with Crippen molar-refractivity contribution in [1.82, 2.24) is 0 Å². The molecule has 0 bridgehead atoms. The summed E-state index contributed by atoms with van der Waals surface area (Å²) in [6.07, 6.45) is 2.87. The molecule has 0 spiro atoms. The molecule has 0 unspecified atom stereocenters. The molecule has 0 amide bonds. The van der Waals surface area contributed by atoms with Crippen molar-refractivity contribution in [2.75, 3.05) is 0 Å². The molecule has 0 rings (SSSR count). The maximum Gasteiger partial charge on any atom is 0.338 e. The molecule has 0 fully saturated rings. The number of carbonyl (C=O) groups is 1. The van der Waals surface area contributed by atoms with Gasteiger partial charge in [-0.2, -0.15) is 0 Å². The van der Waals surface area contributed by atoms with E-state index in [9.17, 15) is 9.36 Å². The van der Waals surface area contributed by atoms with E-state index in [0.29, 0.717) is 6.42 Å². The minimum absolute atomic E-state index is 0.256. The van der Waals surface area contributed by atoms with Gasteiger partial charge in [-0.05, 0) is 20.3 Å². The van der Waals surface area contributed by atoms with Gasteiger partial charge in [0.15, 0.2) is 5.78 Å². The molecule has 0 saturated carbocycles. The van der Waals surface area contributed by atoms with Gasteiger partial charge in [-0.3, -0.25) is 9.36 Å². The van der Waals surface area contributed by atoms with Crippen LogP contribution in [0.15, 0.2) is 0 Å². The van der Waals surface area contributed by atoms with Gasteiger partial charge in [0, 0.05) is 6.42 Å². The summed E-state index contributed by atoms with van der Waals surface area (Å²) < 4.78 is 11.0. The largest absolute Gasteiger partial charge is 0.338 e. The highest BCUT2D eigenvalue weighted by Crippen LogP contribution is 2.51. The lowest BCUT2D eigenvalue weighted by Crippen LogP contribution is -2.31. The van der Waals surface area contributed by atoms with E-state index in [1.165, 1.54) is 13.8 Å². The van der Waals surface area contributed by atoms with Crippen LogP contribution in [-0.4, -0.2) is 20.7 Å². The minimum atomic E-state index is -4.32. The van der Waals surface area contributed by atoms with Crippen LogP contribution in [0.25, 0.3) is 0 Å². The molecule has 0 radical (unpaired) electrons. The Balaban J connectivity index is 4.31. The predicted octanol–water partition coefficient (Wildman–Crippen LogP) is 2.09. The highest BCUT2D eigenvalue weighted by atomic mass is 31.2. The number of Topliss-reactive ketones (excluding diaryl/α,β-unsaturated/α-hetero) is 1. The molecule has 0 atom stereocenters. The summed E-state index contributed by atoms with van der Waals surface area (Å²) in [6, 6.07) is 0. The van der Waals surface area contributed by atoms with Gasteiger partial charge in [0.1, 0.15) is 5.16 Å². The van der Waals surface area contributed by atoms with Gasteiger partial charge >= 0.3 is 7.60 Å². The Bertz CT molecular complexity index is 241. The molecule has 0 aliphatic rings. The third-order valence-corrected chi connectivity index (χ3v) is 4.12. The maximum atomic E-state index is 11.5. The topological polar surface area (TPSA) is 74.6 Å². The van der Waals surface area contributed by atoms with E-state index < -0.39 is 12.8 Å². The number of hydrogen-bond acceptors (Lipinski definition) is 2. The molecule has 0 aromatic rings. The summed E-state index contributed by atoms with van der Waals surface area (Å²) in [5, 5.41) is -1.53. The van der Waals surface area contributed by atoms with E-state index in [0.717, 1.165) is 12.8 Å². The number of carbonyl (C=O) groups excluding carboxylic acids is 1. The van der Waals surface area contributed by atoms with Crippen LogP contribution in [0.5, 0.6) is 0 Å². The van der Waals surface area contributed by atoms with E-state index in [1.807, 2.05) is 6.92 Å². The maximum absolute atomic E-state index is 11.5. The van der Waals surface area contributed by atoms with Crippen LogP contribution in [0.4, 0.5) is 0 Å². The smallest absolute Gasteiger partial charge is 0.324 e. The first-order chi connectivity index (χ1) is 6.23. The zero-order valence-electron chi connectivity index (χ0n) is 8.99. The Hall–Kier alpha value is -0.180. The van der Waals surface area contributed by atoms with Gasteiger partial charge in [-0.25, -0.2) is 0 Å². The van der Waals surface area contributed by atoms with Crippen LogP contribution < -0.4 is 0 Å². The fraction of sp³-hybridized carbons (Fsp3) is 0.889. The zero-order valence-corrected chi connectivity index (χ0v) is 9.88. The molecule has 0 aliphatic heterocycles. The second kappa shape index (κ2) is 5.06. The quantitative estimate of drug-likeness (QED) is 0.533. The minimum Gasteiger partial charge on any atom is -0.324 e. The van der Waals surface area contributed by atoms with Crippen molar-refractivity contribution in [3.05, 3.63) is 0 Å². The third-order valence-electron chi connectivity index (χ3n) is 2.42. The lowest BCUT2D eigenvalue weighted by Gasteiger charge is -2.23. The summed E-state index contributed by atoms with van der Waals surface area (Å²) in [5.41, 5.74) is 0. The van der Waals surface area contributed by atoms with Crippen molar-refractivity contribution in [2.24, 2.45) is 0 Å². The highest BCUT2D eigenvalue weighted by Gasteiger charge is 2.43. The molecule has 0 aliphatic carbocycles. The SMILES string of the molecule is CCCCCC(=O)C(C)(C)P(=O)(O)O. The van der Waals surface area contributed by atoms with Crippen molar-refractivity contribution in [2.45, 2.75) is 51.6 Å². The lowest BCUT2D eigenvalue weighted by atomic mass is 10.0. The van der Waals surface area contributed by atoms with E-state index in [1.54, 1.807) is 0 Å². The van der Waals surface area contributed by atoms with Crippen LogP contribution in [0.2, 0.25) is 0 Å². The summed E-state index contributed by atoms with van der Waals surface area (Å²) in [4.78, 5) is 29.4. The highest BCUT2D eigenvalue weighted by molar-refractivity contribution is 7.54. The second-order valence-electron chi connectivity index (χ2n) is 3.98. The Kier molecular flexibility index (Phi) is 4.99. The molecule has 0 heterocycles. The van der Waals surface area contributed by atoms with Crippen LogP contribution >= 0.6 is 7.60 Å². The lowest BCUT2D eigenvalue weighted by molar-refractivity contribution is -0.121. The normalized spacial score (nSPS) is 12.9. The van der Waals surface area contributed by atoms with Crippen molar-refractivity contribution in [3.63, 3.8) is 0 Å². The molecule has 0 aromatic carbocycles. The van der Waals surface area contributed by atoms with Gasteiger partial charge in [-0.1, -0.05) is 19.8 Å². The van der Waals surface area contributed by atoms with E-state index in [-0.39, 0.29) is 12.2 Å². The monoisotopic (exact) mass is 222 g/mol. The molecule has 5 heteroatoms. The van der Waals surface area contributed by atoms with Gasteiger partial charge < -0.3 is 9.79 Å². The molecule has 14 heavy (non-hydrogen) atoms. The number of hydrogen-bond donors (Lipinski definition) is 2. The Morgan fingerprint density at radius 1 is 1.29 bits per heavy atom. The average molecular weight is 222 g/mol. The molecule has 0 saturated heterocycles. The summed E-state index contributed by atoms with van der Waals surface area (Å²) >= 11 is 0. The summed E-state index contributed by atoms with van der Waals surface area (Å²) in [6.45, 7) is 4.63. The molecule has 2 N–H and O–H groups in total. The van der Waals surface area contributed by atoms with Crippen molar-refractivity contribution < 1.29 is 19.1 Å². The fourth-order valence-electron chi connectivity index (χ4n) is 1.00. The van der Waals surface area contributed by atoms with Gasteiger partial charge in [0.2, 0.25) is 0 Å². The summed E-state index contributed by atoms with van der Waals surface area (Å²) in [7, 11) is -4.32. The molecular weight excluding hydrogens is 203 g/mol. The molecular formula is C9H19O4P. The van der Waals surface area contributed by atoms with Gasteiger partial charge in [-0.15, -0.1) is 0 Å². The summed E-state index contributed by atoms with van der Waals surface area (Å²) in [5.74, 6) is -0.348. The van der Waals surface area contributed by atoms with E-state index >= 15 is 0 Å². The first-order valence-corrected chi connectivity index (χ1v) is 6.43. The molecule has 0 aromatic heterocycles. The second-order valence-corrected chi connectivity index (χ2v) is 6.19. The van der Waals surface area contributed by atoms with E-state index in [2.05, 4.69) is 0 Å². The standard InChI is InChI=1S/C9H19O4P/c1-4-5-6-7-8(10)9(2,3)14(11,12)13/h4-7H2,1-3H3,(H2,11,12,13). The van der Waals surface area contributed by atoms with E-state index in [4.69, 9.17) is 9.79 Å². The van der Waals surface area contributed by atoms with Gasteiger partial charge in [0.05, 0.1) is 0 Å². The van der Waals surface area contributed by atoms with Crippen molar-refractivity contribution in [3.8, 4) is 0 Å². The Morgan fingerprint density at radius 3 is 2.14 bits per heavy atom. The zero-order chi connectivity index (χ0) is 11.4. The fourth-order valence-corrected chi connectivity index (χ4v) is 1.44. The van der Waals surface area contributed by atoms with Crippen LogP contribution in [0.1, 0.15) is 46.5 Å². The Labute approximate surface area is 84.9 Å². The predicted molar refractivity (Wildman–Crippen MR) is 55.3 cm³/mol. The average Bonchev–Trinajstić information content (AvgIpc) is 2.02. The van der Waals surface area contributed by atoms with Crippen molar-refractivity contribution in [1.29, 1.82) is 0 Å². The van der Waals surface area contributed by atoms with Crippen molar-refractivity contribution >= 4 is 13.4 Å². The van der Waals surface area contributed by atoms with Crippen LogP contribution in [0.3, 0.4) is 0 Å². The molecule has 4 nitrogen and oxygen atoms in total. The number of ketones is 1. The first-order valence-electron chi connectivity index (χ1n) is 4.82. The van der Waals surface area contributed by atoms with Crippen LogP contribution in [-0.2, 0) is 9.36 Å². The van der Waals surface area contributed by atoms with Crippen LogP contribution in [0, 0.1) is 0 Å².